The summed E-state index contributed by atoms with van der Waals surface area (Å²) in [5.74, 6) is 0.279. The molecule has 0 bridgehead atoms. The predicted molar refractivity (Wildman–Crippen MR) is 73.7 cm³/mol. The smallest absolute Gasteiger partial charge is 0.333 e. The minimum atomic E-state index is -0.431. The molecule has 19 heavy (non-hydrogen) atoms. The molecule has 6 nitrogen and oxygen atoms in total. The number of thiazole rings is 1. The second-order valence-corrected chi connectivity index (χ2v) is 4.63. The van der Waals surface area contributed by atoms with E-state index in [2.05, 4.69) is 10.3 Å². The lowest BCUT2D eigenvalue weighted by molar-refractivity contribution is -0.384. The van der Waals surface area contributed by atoms with Crippen molar-refractivity contribution in [2.75, 3.05) is 11.9 Å². The Hall–Kier alpha value is -2.15. The number of nitrogens with zero attached hydrogens (tertiary/aromatic N) is 2. The number of hydrogen-bond acceptors (Lipinski definition) is 6. The second-order valence-electron chi connectivity index (χ2n) is 3.66. The third kappa shape index (κ3) is 3.19. The first-order valence-corrected chi connectivity index (χ1v) is 6.61. The Balaban J connectivity index is 2.23. The highest BCUT2D eigenvalue weighted by molar-refractivity contribution is 7.09. The highest BCUT2D eigenvalue weighted by Crippen LogP contribution is 2.35. The predicted octanol–water partition coefficient (Wildman–Crippen LogP) is 3.06. The number of nitro benzene ring substituents is 1. The molecule has 0 unspecified atom stereocenters. The van der Waals surface area contributed by atoms with E-state index in [1.54, 1.807) is 36.8 Å². The van der Waals surface area contributed by atoms with Crippen LogP contribution in [-0.2, 0) is 6.54 Å². The molecule has 2 rings (SSSR count). The molecule has 0 spiro atoms. The third-order valence-electron chi connectivity index (χ3n) is 2.42. The Morgan fingerprint density at radius 2 is 2.37 bits per heavy atom. The Bertz CT molecular complexity index is 557. The Kier molecular flexibility index (Phi) is 4.30. The van der Waals surface area contributed by atoms with Gasteiger partial charge in [0.25, 0.3) is 0 Å². The van der Waals surface area contributed by atoms with Crippen LogP contribution in [0.25, 0.3) is 0 Å². The summed E-state index contributed by atoms with van der Waals surface area (Å²) in [5, 5.41) is 14.2. The molecule has 0 radical (unpaired) electrons. The monoisotopic (exact) mass is 279 g/mol. The number of anilines is 1. The standard InChI is InChI=1S/C12H13N3O3S/c1-2-18-11-5-3-4-10(12(11)15(16)17)14-7-9-6-13-8-19-9/h3-6,8,14H,2,7H2,1H3. The van der Waals surface area contributed by atoms with Gasteiger partial charge in [-0.15, -0.1) is 11.3 Å². The number of nitrogens with one attached hydrogen (secondary N) is 1. The molecule has 0 aliphatic heterocycles. The summed E-state index contributed by atoms with van der Waals surface area (Å²) >= 11 is 1.50. The zero-order valence-electron chi connectivity index (χ0n) is 10.3. The van der Waals surface area contributed by atoms with Crippen molar-refractivity contribution in [1.82, 2.24) is 4.98 Å². The van der Waals surface area contributed by atoms with Crippen LogP contribution in [-0.4, -0.2) is 16.5 Å². The molecule has 1 aromatic carbocycles. The Labute approximate surface area is 114 Å². The van der Waals surface area contributed by atoms with Gasteiger partial charge >= 0.3 is 5.69 Å². The summed E-state index contributed by atoms with van der Waals surface area (Å²) in [5.41, 5.74) is 2.14. The van der Waals surface area contributed by atoms with Gasteiger partial charge in [-0.1, -0.05) is 6.07 Å². The zero-order valence-corrected chi connectivity index (χ0v) is 11.1. The number of hydrogen-bond donors (Lipinski definition) is 1. The summed E-state index contributed by atoms with van der Waals surface area (Å²) in [6.45, 7) is 2.68. The fraction of sp³-hybridized carbons (Fsp3) is 0.250. The number of aromatic nitrogens is 1. The van der Waals surface area contributed by atoms with Gasteiger partial charge in [-0.25, -0.2) is 0 Å². The van der Waals surface area contributed by atoms with E-state index in [0.717, 1.165) is 4.88 Å². The molecule has 7 heteroatoms. The molecule has 1 N–H and O–H groups in total. The van der Waals surface area contributed by atoms with E-state index in [1.165, 1.54) is 11.3 Å². The SMILES string of the molecule is CCOc1cccc(NCc2cncs2)c1[N+](=O)[O-]. The van der Waals surface area contributed by atoms with Gasteiger partial charge in [0.2, 0.25) is 0 Å². The summed E-state index contributed by atoms with van der Waals surface area (Å²) < 4.78 is 5.28. The minimum Gasteiger partial charge on any atom is -0.487 e. The van der Waals surface area contributed by atoms with Crippen molar-refractivity contribution in [3.63, 3.8) is 0 Å². The fourth-order valence-corrected chi connectivity index (χ4v) is 2.17. The number of para-hydroxylation sites is 1. The zero-order chi connectivity index (χ0) is 13.7. The number of ether oxygens (including phenoxy) is 1. The van der Waals surface area contributed by atoms with Crippen molar-refractivity contribution in [3.05, 3.63) is 44.9 Å². The van der Waals surface area contributed by atoms with Gasteiger partial charge in [0.15, 0.2) is 5.75 Å². The van der Waals surface area contributed by atoms with E-state index in [-0.39, 0.29) is 11.4 Å². The molecule has 1 aromatic heterocycles. The molecule has 0 aliphatic carbocycles. The first-order chi connectivity index (χ1) is 9.22. The van der Waals surface area contributed by atoms with E-state index < -0.39 is 4.92 Å². The lowest BCUT2D eigenvalue weighted by Crippen LogP contribution is -2.04. The second kappa shape index (κ2) is 6.14. The molecule has 0 saturated carbocycles. The van der Waals surface area contributed by atoms with Crippen molar-refractivity contribution in [2.45, 2.75) is 13.5 Å². The van der Waals surface area contributed by atoms with Crippen LogP contribution in [0.2, 0.25) is 0 Å². The molecular formula is C12H13N3O3S. The molecule has 0 fully saturated rings. The van der Waals surface area contributed by atoms with E-state index in [4.69, 9.17) is 4.74 Å². The van der Waals surface area contributed by atoms with E-state index in [9.17, 15) is 10.1 Å². The summed E-state index contributed by atoms with van der Waals surface area (Å²) in [7, 11) is 0. The van der Waals surface area contributed by atoms with Gasteiger partial charge in [-0.05, 0) is 19.1 Å². The van der Waals surface area contributed by atoms with Crippen LogP contribution in [0, 0.1) is 10.1 Å². The fourth-order valence-electron chi connectivity index (χ4n) is 1.64. The van der Waals surface area contributed by atoms with Gasteiger partial charge in [-0.2, -0.15) is 0 Å². The largest absolute Gasteiger partial charge is 0.487 e. The van der Waals surface area contributed by atoms with Gasteiger partial charge in [-0.3, -0.25) is 15.1 Å². The maximum atomic E-state index is 11.2. The van der Waals surface area contributed by atoms with Crippen molar-refractivity contribution in [3.8, 4) is 5.75 Å². The topological polar surface area (TPSA) is 77.3 Å². The normalized spacial score (nSPS) is 10.2. The highest BCUT2D eigenvalue weighted by atomic mass is 32.1. The molecule has 0 amide bonds. The highest BCUT2D eigenvalue weighted by Gasteiger charge is 2.20. The van der Waals surface area contributed by atoms with Crippen LogP contribution < -0.4 is 10.1 Å². The van der Waals surface area contributed by atoms with Crippen LogP contribution in [0.1, 0.15) is 11.8 Å². The average Bonchev–Trinajstić information content (AvgIpc) is 2.89. The third-order valence-corrected chi connectivity index (χ3v) is 3.20. The number of rotatable bonds is 6. The molecule has 1 heterocycles. The van der Waals surface area contributed by atoms with Crippen molar-refractivity contribution < 1.29 is 9.66 Å². The van der Waals surface area contributed by atoms with Crippen LogP contribution in [0.4, 0.5) is 11.4 Å². The van der Waals surface area contributed by atoms with Crippen molar-refractivity contribution >= 4 is 22.7 Å². The Morgan fingerprint density at radius 3 is 3.00 bits per heavy atom. The van der Waals surface area contributed by atoms with Gasteiger partial charge < -0.3 is 10.1 Å². The molecule has 100 valence electrons. The van der Waals surface area contributed by atoms with E-state index in [1.807, 2.05) is 0 Å². The molecule has 2 aromatic rings. The quantitative estimate of drug-likeness (QED) is 0.649. The first-order valence-electron chi connectivity index (χ1n) is 5.73. The molecule has 0 atom stereocenters. The Morgan fingerprint density at radius 1 is 1.53 bits per heavy atom. The lowest BCUT2D eigenvalue weighted by Gasteiger charge is -2.09. The van der Waals surface area contributed by atoms with Gasteiger partial charge in [0.05, 0.1) is 23.6 Å². The number of nitro groups is 1. The summed E-state index contributed by atoms with van der Waals surface area (Å²) in [4.78, 5) is 15.7. The van der Waals surface area contributed by atoms with Crippen molar-refractivity contribution in [2.24, 2.45) is 0 Å². The first kappa shape index (κ1) is 13.3. The molecular weight excluding hydrogens is 266 g/mol. The van der Waals surface area contributed by atoms with Crippen LogP contribution >= 0.6 is 11.3 Å². The minimum absolute atomic E-state index is 0.0335. The van der Waals surface area contributed by atoms with Crippen LogP contribution in [0.15, 0.2) is 29.9 Å². The maximum absolute atomic E-state index is 11.2. The number of benzene rings is 1. The van der Waals surface area contributed by atoms with Gasteiger partial charge in [0, 0.05) is 11.1 Å². The molecule has 0 saturated heterocycles. The van der Waals surface area contributed by atoms with E-state index in [0.29, 0.717) is 18.8 Å². The summed E-state index contributed by atoms with van der Waals surface area (Å²) in [6.07, 6.45) is 1.73. The summed E-state index contributed by atoms with van der Waals surface area (Å²) in [6, 6.07) is 4.99. The lowest BCUT2D eigenvalue weighted by atomic mass is 10.2. The van der Waals surface area contributed by atoms with Crippen LogP contribution in [0.5, 0.6) is 5.75 Å². The van der Waals surface area contributed by atoms with E-state index >= 15 is 0 Å². The van der Waals surface area contributed by atoms with Gasteiger partial charge in [0.1, 0.15) is 5.69 Å². The van der Waals surface area contributed by atoms with Crippen LogP contribution in [0.3, 0.4) is 0 Å². The average molecular weight is 279 g/mol. The molecule has 0 aliphatic rings. The maximum Gasteiger partial charge on any atom is 0.333 e. The van der Waals surface area contributed by atoms with Crippen molar-refractivity contribution in [1.29, 1.82) is 0 Å².